The third kappa shape index (κ3) is 4.40. The number of amides is 1. The zero-order chi connectivity index (χ0) is 12.7. The summed E-state index contributed by atoms with van der Waals surface area (Å²) in [7, 11) is 3.56. The second-order valence-electron chi connectivity index (χ2n) is 3.89. The highest BCUT2D eigenvalue weighted by Gasteiger charge is 2.08. The predicted octanol–water partition coefficient (Wildman–Crippen LogP) is 0.691. The van der Waals surface area contributed by atoms with Gasteiger partial charge in [0.15, 0.2) is 0 Å². The number of carbonyl (C=O) groups excluding carboxylic acids is 1. The first-order chi connectivity index (χ1) is 8.17. The van der Waals surface area contributed by atoms with E-state index in [0.717, 1.165) is 17.9 Å². The van der Waals surface area contributed by atoms with E-state index in [1.54, 1.807) is 13.2 Å². The summed E-state index contributed by atoms with van der Waals surface area (Å²) in [6.45, 7) is 3.95. The molecule has 0 unspecified atom stereocenters. The average molecular weight is 236 g/mol. The van der Waals surface area contributed by atoms with Gasteiger partial charge in [-0.2, -0.15) is 0 Å². The Morgan fingerprint density at radius 2 is 2.29 bits per heavy atom. The van der Waals surface area contributed by atoms with Gasteiger partial charge in [-0.15, -0.1) is 0 Å². The van der Waals surface area contributed by atoms with Crippen molar-refractivity contribution in [3.8, 4) is 0 Å². The first kappa shape index (κ1) is 13.4. The fourth-order valence-corrected chi connectivity index (χ4v) is 1.56. The zero-order valence-corrected chi connectivity index (χ0v) is 10.7. The second-order valence-corrected chi connectivity index (χ2v) is 3.89. The van der Waals surface area contributed by atoms with Gasteiger partial charge in [-0.1, -0.05) is 6.07 Å². The van der Waals surface area contributed by atoms with Crippen molar-refractivity contribution in [1.82, 2.24) is 15.2 Å². The first-order valence-corrected chi connectivity index (χ1v) is 5.74. The second kappa shape index (κ2) is 6.85. The van der Waals surface area contributed by atoms with E-state index in [4.69, 9.17) is 0 Å². The Balaban J connectivity index is 2.63. The van der Waals surface area contributed by atoms with Crippen molar-refractivity contribution < 1.29 is 4.79 Å². The lowest BCUT2D eigenvalue weighted by Gasteiger charge is -2.17. The molecule has 1 aromatic rings. The van der Waals surface area contributed by atoms with E-state index in [2.05, 4.69) is 15.6 Å². The molecule has 0 aliphatic carbocycles. The number of nitrogens with zero attached hydrogens (tertiary/aromatic N) is 2. The van der Waals surface area contributed by atoms with Crippen LogP contribution in [-0.4, -0.2) is 43.0 Å². The van der Waals surface area contributed by atoms with Crippen LogP contribution in [-0.2, 0) is 11.3 Å². The fourth-order valence-electron chi connectivity index (χ4n) is 1.56. The highest BCUT2D eigenvalue weighted by atomic mass is 16.1. The maximum absolute atomic E-state index is 11.2. The maximum Gasteiger partial charge on any atom is 0.233 e. The summed E-state index contributed by atoms with van der Waals surface area (Å²) in [4.78, 5) is 17.5. The Morgan fingerprint density at radius 3 is 2.94 bits per heavy atom. The Labute approximate surface area is 102 Å². The number of nitrogens with one attached hydrogen (secondary N) is 2. The van der Waals surface area contributed by atoms with Crippen LogP contribution >= 0.6 is 0 Å². The summed E-state index contributed by atoms with van der Waals surface area (Å²) in [5.41, 5.74) is 1.10. The van der Waals surface area contributed by atoms with Gasteiger partial charge in [0.05, 0.1) is 6.54 Å². The van der Waals surface area contributed by atoms with Gasteiger partial charge in [0.25, 0.3) is 0 Å². The Bertz CT molecular complexity index is 367. The van der Waals surface area contributed by atoms with E-state index >= 15 is 0 Å². The van der Waals surface area contributed by atoms with Gasteiger partial charge >= 0.3 is 0 Å². The van der Waals surface area contributed by atoms with E-state index in [0.29, 0.717) is 13.1 Å². The van der Waals surface area contributed by atoms with Gasteiger partial charge in [-0.25, -0.2) is 4.98 Å². The number of pyridine rings is 1. The standard InChI is InChI=1S/C12H20N4O/c1-4-14-12-10(6-5-7-15-12)8-16(3)9-11(17)13-2/h5-7H,4,8-9H2,1-3H3,(H,13,17)(H,14,15). The van der Waals surface area contributed by atoms with Gasteiger partial charge in [0.2, 0.25) is 5.91 Å². The smallest absolute Gasteiger partial charge is 0.233 e. The summed E-state index contributed by atoms with van der Waals surface area (Å²) >= 11 is 0. The van der Waals surface area contributed by atoms with Crippen molar-refractivity contribution in [3.63, 3.8) is 0 Å². The van der Waals surface area contributed by atoms with E-state index in [-0.39, 0.29) is 5.91 Å². The molecule has 0 bridgehead atoms. The summed E-state index contributed by atoms with van der Waals surface area (Å²) in [6.07, 6.45) is 1.76. The Hall–Kier alpha value is -1.62. The molecule has 0 spiro atoms. The highest BCUT2D eigenvalue weighted by molar-refractivity contribution is 5.77. The van der Waals surface area contributed by atoms with Gasteiger partial charge in [-0.3, -0.25) is 9.69 Å². The molecular weight excluding hydrogens is 216 g/mol. The van der Waals surface area contributed by atoms with Crippen LogP contribution in [0.3, 0.4) is 0 Å². The Kier molecular flexibility index (Phi) is 5.42. The first-order valence-electron chi connectivity index (χ1n) is 5.74. The molecule has 1 amide bonds. The molecule has 5 heteroatoms. The quantitative estimate of drug-likeness (QED) is 0.763. The lowest BCUT2D eigenvalue weighted by atomic mass is 10.2. The number of hydrogen-bond donors (Lipinski definition) is 2. The SMILES string of the molecule is CCNc1ncccc1CN(C)CC(=O)NC. The molecule has 1 rings (SSSR count). The van der Waals surface area contributed by atoms with Crippen LogP contribution in [0.2, 0.25) is 0 Å². The normalized spacial score (nSPS) is 10.4. The minimum Gasteiger partial charge on any atom is -0.370 e. The predicted molar refractivity (Wildman–Crippen MR) is 68.8 cm³/mol. The van der Waals surface area contributed by atoms with Gasteiger partial charge in [0.1, 0.15) is 5.82 Å². The third-order valence-corrected chi connectivity index (χ3v) is 2.37. The lowest BCUT2D eigenvalue weighted by molar-refractivity contribution is -0.121. The number of hydrogen-bond acceptors (Lipinski definition) is 4. The molecule has 0 radical (unpaired) electrons. The molecule has 94 valence electrons. The van der Waals surface area contributed by atoms with Crippen molar-refractivity contribution in [2.45, 2.75) is 13.5 Å². The van der Waals surface area contributed by atoms with Gasteiger partial charge in [-0.05, 0) is 20.0 Å². The lowest BCUT2D eigenvalue weighted by Crippen LogP contribution is -2.32. The van der Waals surface area contributed by atoms with Crippen LogP contribution in [0.15, 0.2) is 18.3 Å². The van der Waals surface area contributed by atoms with Crippen molar-refractivity contribution in [1.29, 1.82) is 0 Å². The van der Waals surface area contributed by atoms with Gasteiger partial charge in [0, 0.05) is 31.9 Å². The molecule has 0 fully saturated rings. The third-order valence-electron chi connectivity index (χ3n) is 2.37. The van der Waals surface area contributed by atoms with Crippen molar-refractivity contribution in [2.75, 3.05) is 32.5 Å². The molecule has 0 aliphatic heterocycles. The Morgan fingerprint density at radius 1 is 1.53 bits per heavy atom. The van der Waals surface area contributed by atoms with Crippen LogP contribution in [0.5, 0.6) is 0 Å². The molecule has 1 aromatic heterocycles. The van der Waals surface area contributed by atoms with E-state index in [9.17, 15) is 4.79 Å². The van der Waals surface area contributed by atoms with E-state index in [1.165, 1.54) is 0 Å². The molecule has 5 nitrogen and oxygen atoms in total. The number of rotatable bonds is 6. The van der Waals surface area contributed by atoms with Crippen molar-refractivity contribution in [3.05, 3.63) is 23.9 Å². The number of anilines is 1. The molecule has 1 heterocycles. The number of carbonyl (C=O) groups is 1. The number of aromatic nitrogens is 1. The van der Waals surface area contributed by atoms with Crippen molar-refractivity contribution in [2.24, 2.45) is 0 Å². The number of likely N-dealkylation sites (N-methyl/N-ethyl adjacent to an activating group) is 2. The summed E-state index contributed by atoms with van der Waals surface area (Å²) < 4.78 is 0. The molecule has 0 aliphatic rings. The van der Waals surface area contributed by atoms with Crippen molar-refractivity contribution >= 4 is 11.7 Å². The van der Waals surface area contributed by atoms with Crippen LogP contribution in [0.25, 0.3) is 0 Å². The molecule has 0 atom stereocenters. The minimum atomic E-state index is 0.0152. The van der Waals surface area contributed by atoms with Crippen LogP contribution in [0.1, 0.15) is 12.5 Å². The maximum atomic E-state index is 11.2. The highest BCUT2D eigenvalue weighted by Crippen LogP contribution is 2.12. The molecule has 0 aromatic carbocycles. The summed E-state index contributed by atoms with van der Waals surface area (Å²) in [6, 6.07) is 3.93. The van der Waals surface area contributed by atoms with E-state index in [1.807, 2.05) is 31.0 Å². The fraction of sp³-hybridized carbons (Fsp3) is 0.500. The summed E-state index contributed by atoms with van der Waals surface area (Å²) in [5.74, 6) is 0.903. The largest absolute Gasteiger partial charge is 0.370 e. The summed E-state index contributed by atoms with van der Waals surface area (Å²) in [5, 5.41) is 5.82. The minimum absolute atomic E-state index is 0.0152. The topological polar surface area (TPSA) is 57.3 Å². The molecule has 0 saturated heterocycles. The van der Waals surface area contributed by atoms with E-state index < -0.39 is 0 Å². The molecule has 17 heavy (non-hydrogen) atoms. The van der Waals surface area contributed by atoms with Crippen LogP contribution in [0.4, 0.5) is 5.82 Å². The molecule has 0 saturated carbocycles. The molecule has 2 N–H and O–H groups in total. The van der Waals surface area contributed by atoms with Crippen LogP contribution in [0, 0.1) is 0 Å². The van der Waals surface area contributed by atoms with Crippen LogP contribution < -0.4 is 10.6 Å². The average Bonchev–Trinajstić information content (AvgIpc) is 2.31. The molecular formula is C12H20N4O. The monoisotopic (exact) mass is 236 g/mol. The zero-order valence-electron chi connectivity index (χ0n) is 10.7. The van der Waals surface area contributed by atoms with Gasteiger partial charge < -0.3 is 10.6 Å².